The van der Waals surface area contributed by atoms with Crippen LogP contribution >= 0.6 is 0 Å². The van der Waals surface area contributed by atoms with E-state index in [1.807, 2.05) is 13.8 Å². The van der Waals surface area contributed by atoms with Crippen LogP contribution in [-0.4, -0.2) is 0 Å². The summed E-state index contributed by atoms with van der Waals surface area (Å²) in [4.78, 5) is 0. The zero-order valence-electron chi connectivity index (χ0n) is 10.5. The molecule has 0 N–H and O–H groups in total. The van der Waals surface area contributed by atoms with Gasteiger partial charge in [-0.25, -0.2) is 0 Å². The van der Waals surface area contributed by atoms with Gasteiger partial charge in [0, 0.05) is 0 Å². The first-order valence-electron chi connectivity index (χ1n) is 5.65. The quantitative estimate of drug-likeness (QED) is 0.454. The van der Waals surface area contributed by atoms with Crippen LogP contribution in [0.15, 0.2) is 12.2 Å². The predicted octanol–water partition coefficient (Wildman–Crippen LogP) is 5.20. The second-order valence-electron chi connectivity index (χ2n) is 4.76. The highest BCUT2D eigenvalue weighted by molar-refractivity contribution is 4.85. The maximum Gasteiger partial charge on any atom is -0.0351 e. The van der Waals surface area contributed by atoms with Crippen molar-refractivity contribution in [1.29, 1.82) is 0 Å². The fourth-order valence-corrected chi connectivity index (χ4v) is 0.760. The van der Waals surface area contributed by atoms with Crippen LogP contribution in [0.4, 0.5) is 0 Å². The van der Waals surface area contributed by atoms with Crippen LogP contribution in [0.25, 0.3) is 0 Å². The maximum absolute atomic E-state index is 2.27. The molecule has 0 nitrogen and oxygen atoms in total. The second-order valence-corrected chi connectivity index (χ2v) is 4.76. The molecule has 1 rings (SSSR count). The van der Waals surface area contributed by atoms with Crippen molar-refractivity contribution in [2.45, 2.75) is 67.2 Å². The minimum atomic E-state index is 0.500. The van der Waals surface area contributed by atoms with Gasteiger partial charge in [-0.3, -0.25) is 0 Å². The molecular weight excluding hydrogens is 156 g/mol. The van der Waals surface area contributed by atoms with Gasteiger partial charge in [-0.15, -0.1) is 0 Å². The van der Waals surface area contributed by atoms with Crippen molar-refractivity contribution in [1.82, 2.24) is 0 Å². The normalized spacial score (nSPS) is 14.9. The van der Waals surface area contributed by atoms with E-state index in [0.29, 0.717) is 5.41 Å². The highest BCUT2D eigenvalue weighted by Crippen LogP contribution is 2.08. The predicted molar refractivity (Wildman–Crippen MR) is 64.1 cm³/mol. The van der Waals surface area contributed by atoms with E-state index in [1.54, 1.807) is 0 Å². The second kappa shape index (κ2) is 9.83. The van der Waals surface area contributed by atoms with Crippen LogP contribution in [0.1, 0.15) is 67.2 Å². The van der Waals surface area contributed by atoms with Crippen molar-refractivity contribution in [3.05, 3.63) is 12.2 Å². The fourth-order valence-electron chi connectivity index (χ4n) is 0.760. The van der Waals surface area contributed by atoms with Gasteiger partial charge in [0.1, 0.15) is 0 Å². The van der Waals surface area contributed by atoms with E-state index in [1.165, 1.54) is 25.7 Å². The molecule has 0 saturated carbocycles. The summed E-state index contributed by atoms with van der Waals surface area (Å²) >= 11 is 0. The smallest absolute Gasteiger partial charge is 0.0351 e. The van der Waals surface area contributed by atoms with Gasteiger partial charge in [-0.05, 0) is 31.1 Å². The van der Waals surface area contributed by atoms with Crippen molar-refractivity contribution in [3.8, 4) is 0 Å². The summed E-state index contributed by atoms with van der Waals surface area (Å²) in [5.74, 6) is 0. The molecule has 13 heavy (non-hydrogen) atoms. The van der Waals surface area contributed by atoms with Gasteiger partial charge in [0.25, 0.3) is 0 Å². The Bertz CT molecular complexity index is 89.7. The molecule has 0 radical (unpaired) electrons. The molecule has 0 heteroatoms. The summed E-state index contributed by atoms with van der Waals surface area (Å²) in [5.41, 5.74) is 0.500. The van der Waals surface area contributed by atoms with Crippen molar-refractivity contribution < 1.29 is 0 Å². The van der Waals surface area contributed by atoms with Gasteiger partial charge < -0.3 is 0 Å². The molecule has 0 heterocycles. The first-order chi connectivity index (χ1) is 6.00. The van der Waals surface area contributed by atoms with Crippen LogP contribution < -0.4 is 0 Å². The van der Waals surface area contributed by atoms with Gasteiger partial charge in [0.15, 0.2) is 0 Å². The fraction of sp³-hybridized carbons (Fsp3) is 0.846. The summed E-state index contributed by atoms with van der Waals surface area (Å²) in [5, 5.41) is 0. The molecule has 80 valence electrons. The third-order valence-corrected chi connectivity index (χ3v) is 1.16. The van der Waals surface area contributed by atoms with Crippen LogP contribution in [-0.2, 0) is 0 Å². The number of hydrogen-bond acceptors (Lipinski definition) is 0. The van der Waals surface area contributed by atoms with E-state index in [0.717, 1.165) is 0 Å². The Hall–Kier alpha value is -0.260. The Labute approximate surface area is 85.4 Å². The molecule has 0 saturated heterocycles. The lowest BCUT2D eigenvalue weighted by molar-refractivity contribution is 0.469. The van der Waals surface area contributed by atoms with E-state index in [9.17, 15) is 0 Å². The average molecular weight is 184 g/mol. The standard InChI is InChI=1S/C6H10.C5H12.C2H6/c1-2-4-6-5-3-1;1-5(2,3)4;1-2/h1-2H,3-6H2;1-4H3;1-2H3. The van der Waals surface area contributed by atoms with Gasteiger partial charge in [-0.1, -0.05) is 53.7 Å². The van der Waals surface area contributed by atoms with Gasteiger partial charge in [-0.2, -0.15) is 0 Å². The van der Waals surface area contributed by atoms with Gasteiger partial charge in [0.05, 0.1) is 0 Å². The first-order valence-corrected chi connectivity index (χ1v) is 5.65. The Morgan fingerprint density at radius 2 is 1.00 bits per heavy atom. The zero-order chi connectivity index (χ0) is 10.7. The van der Waals surface area contributed by atoms with Crippen molar-refractivity contribution >= 4 is 0 Å². The topological polar surface area (TPSA) is 0 Å². The van der Waals surface area contributed by atoms with Crippen LogP contribution in [0.3, 0.4) is 0 Å². The molecule has 0 fully saturated rings. The van der Waals surface area contributed by atoms with Crippen molar-refractivity contribution in [2.75, 3.05) is 0 Å². The molecule has 0 amide bonds. The molecule has 0 aromatic rings. The van der Waals surface area contributed by atoms with Crippen molar-refractivity contribution in [2.24, 2.45) is 5.41 Å². The lowest BCUT2D eigenvalue weighted by Crippen LogP contribution is -1.93. The third kappa shape index (κ3) is 33.8. The number of hydrogen-bond donors (Lipinski definition) is 0. The van der Waals surface area contributed by atoms with E-state index >= 15 is 0 Å². The molecule has 1 aliphatic rings. The highest BCUT2D eigenvalue weighted by Gasteiger charge is 1.95. The molecular formula is C13H28. The number of rotatable bonds is 0. The zero-order valence-corrected chi connectivity index (χ0v) is 10.5. The monoisotopic (exact) mass is 184 g/mol. The van der Waals surface area contributed by atoms with Gasteiger partial charge in [0.2, 0.25) is 0 Å². The highest BCUT2D eigenvalue weighted by atomic mass is 14.0. The molecule has 0 spiro atoms. The van der Waals surface area contributed by atoms with Crippen LogP contribution in [0, 0.1) is 5.41 Å². The summed E-state index contributed by atoms with van der Waals surface area (Å²) < 4.78 is 0. The van der Waals surface area contributed by atoms with E-state index in [4.69, 9.17) is 0 Å². The average Bonchev–Trinajstić information content (AvgIpc) is 2.08. The maximum atomic E-state index is 2.27. The Balaban J connectivity index is 0. The van der Waals surface area contributed by atoms with E-state index in [-0.39, 0.29) is 0 Å². The molecule has 1 aliphatic carbocycles. The molecule has 0 bridgehead atoms. The molecule has 0 aliphatic heterocycles. The summed E-state index contributed by atoms with van der Waals surface area (Å²) in [6, 6.07) is 0. The first kappa shape index (κ1) is 15.2. The lowest BCUT2D eigenvalue weighted by Gasteiger charge is -2.05. The van der Waals surface area contributed by atoms with E-state index in [2.05, 4.69) is 39.8 Å². The molecule has 0 atom stereocenters. The third-order valence-electron chi connectivity index (χ3n) is 1.16. The summed E-state index contributed by atoms with van der Waals surface area (Å²) in [6.45, 7) is 12.8. The van der Waals surface area contributed by atoms with Crippen LogP contribution in [0.5, 0.6) is 0 Å². The van der Waals surface area contributed by atoms with Crippen LogP contribution in [0.2, 0.25) is 0 Å². The largest absolute Gasteiger partial charge is 0.0885 e. The lowest BCUT2D eigenvalue weighted by atomic mass is 10.0. The molecule has 0 aromatic heterocycles. The Kier molecular flexibility index (Phi) is 11.5. The number of allylic oxidation sites excluding steroid dienone is 2. The van der Waals surface area contributed by atoms with E-state index < -0.39 is 0 Å². The molecule has 0 unspecified atom stereocenters. The van der Waals surface area contributed by atoms with Gasteiger partial charge >= 0.3 is 0 Å². The minimum absolute atomic E-state index is 0.500. The minimum Gasteiger partial charge on any atom is -0.0885 e. The SMILES string of the molecule is C1=CCCCC1.CC.CC(C)(C)C. The Morgan fingerprint density at radius 1 is 0.769 bits per heavy atom. The van der Waals surface area contributed by atoms with Crippen molar-refractivity contribution in [3.63, 3.8) is 0 Å². The molecule has 0 aromatic carbocycles. The summed E-state index contributed by atoms with van der Waals surface area (Å²) in [7, 11) is 0. The Morgan fingerprint density at radius 3 is 1.08 bits per heavy atom. The summed E-state index contributed by atoms with van der Waals surface area (Å²) in [6.07, 6.45) is 10.0.